The second-order valence-electron chi connectivity index (χ2n) is 4.78. The molecule has 1 rings (SSSR count). The molecule has 0 aliphatic heterocycles. The Kier molecular flexibility index (Phi) is 7.08. The summed E-state index contributed by atoms with van der Waals surface area (Å²) in [4.78, 5) is 23.2. The molecule has 6 heteroatoms. The van der Waals surface area contributed by atoms with Crippen LogP contribution >= 0.6 is 0 Å². The fourth-order valence-corrected chi connectivity index (χ4v) is 3.18. The van der Waals surface area contributed by atoms with Crippen molar-refractivity contribution < 1.29 is 18.9 Å². The highest BCUT2D eigenvalue weighted by Gasteiger charge is 2.32. The number of carboxylic acids is 1. The Balaban J connectivity index is 2.78. The summed E-state index contributed by atoms with van der Waals surface area (Å²) in [7, 11) is -1.78. The van der Waals surface area contributed by atoms with Gasteiger partial charge in [0.05, 0.1) is 0 Å². The predicted molar refractivity (Wildman–Crippen MR) is 82.5 cm³/mol. The molecule has 0 fully saturated rings. The van der Waals surface area contributed by atoms with Crippen LogP contribution in [0.3, 0.4) is 0 Å². The van der Waals surface area contributed by atoms with E-state index in [9.17, 15) is 18.9 Å². The monoisotopic (exact) mass is 311 g/mol. The first-order valence-corrected chi connectivity index (χ1v) is 8.18. The Morgan fingerprint density at radius 3 is 2.43 bits per heavy atom. The zero-order valence-corrected chi connectivity index (χ0v) is 13.1. The van der Waals surface area contributed by atoms with Crippen molar-refractivity contribution >= 4 is 22.7 Å². The molecule has 3 unspecified atom stereocenters. The van der Waals surface area contributed by atoms with Crippen molar-refractivity contribution in [2.75, 3.05) is 6.54 Å². The molecule has 0 saturated heterocycles. The lowest BCUT2D eigenvalue weighted by Crippen LogP contribution is -2.42. The highest BCUT2D eigenvalue weighted by molar-refractivity contribution is 7.87. The number of hydrogen-bond donors (Lipinski definition) is 2. The number of benzene rings is 1. The van der Waals surface area contributed by atoms with Crippen LogP contribution in [0.4, 0.5) is 0 Å². The molecule has 0 spiro atoms. The van der Waals surface area contributed by atoms with Gasteiger partial charge in [-0.1, -0.05) is 37.3 Å². The summed E-state index contributed by atoms with van der Waals surface area (Å²) in [5.74, 6) is -1.51. The lowest BCUT2D eigenvalue weighted by molar-refractivity contribution is -0.136. The van der Waals surface area contributed by atoms with Crippen molar-refractivity contribution in [1.29, 1.82) is 0 Å². The molecule has 116 valence electrons. The van der Waals surface area contributed by atoms with E-state index < -0.39 is 27.3 Å². The van der Waals surface area contributed by atoms with Crippen molar-refractivity contribution in [3.8, 4) is 0 Å². The molecule has 0 aromatic heterocycles. The molecule has 0 radical (unpaired) electrons. The minimum Gasteiger partial charge on any atom is -0.480 e. The van der Waals surface area contributed by atoms with Gasteiger partial charge in [0, 0.05) is 17.3 Å². The molecule has 1 amide bonds. The van der Waals surface area contributed by atoms with Gasteiger partial charge in [0.1, 0.15) is 10.5 Å². The van der Waals surface area contributed by atoms with Gasteiger partial charge in [0.15, 0.2) is 0 Å². The minimum atomic E-state index is -1.78. The summed E-state index contributed by atoms with van der Waals surface area (Å²) < 4.78 is 12.4. The van der Waals surface area contributed by atoms with Crippen molar-refractivity contribution in [2.45, 2.75) is 37.2 Å². The summed E-state index contributed by atoms with van der Waals surface area (Å²) >= 11 is 0. The average Bonchev–Trinajstić information content (AvgIpc) is 2.49. The maximum atomic E-state index is 12.4. The van der Waals surface area contributed by atoms with Gasteiger partial charge in [-0.15, -0.1) is 0 Å². The van der Waals surface area contributed by atoms with Crippen LogP contribution < -0.4 is 5.32 Å². The van der Waals surface area contributed by atoms with Crippen LogP contribution in [-0.4, -0.2) is 38.2 Å². The van der Waals surface area contributed by atoms with Crippen molar-refractivity contribution in [3.63, 3.8) is 0 Å². The van der Waals surface area contributed by atoms with Crippen molar-refractivity contribution in [1.82, 2.24) is 5.32 Å². The first-order chi connectivity index (χ1) is 9.97. The topological polar surface area (TPSA) is 83.5 Å². The Morgan fingerprint density at radius 1 is 1.29 bits per heavy atom. The molecule has 1 aromatic rings. The summed E-state index contributed by atoms with van der Waals surface area (Å²) in [6.45, 7) is 3.91. The SMILES string of the molecule is CCCNC(=O)C(C)S(=O)C(Cc1ccccc1)C(=O)O. The summed E-state index contributed by atoms with van der Waals surface area (Å²) in [6.07, 6.45) is 0.922. The molecule has 0 saturated carbocycles. The van der Waals surface area contributed by atoms with Gasteiger partial charge in [0.2, 0.25) is 5.91 Å². The van der Waals surface area contributed by atoms with Gasteiger partial charge in [-0.05, 0) is 25.3 Å². The smallest absolute Gasteiger partial charge is 0.319 e. The summed E-state index contributed by atoms with van der Waals surface area (Å²) in [5.41, 5.74) is 0.791. The Labute approximate surface area is 127 Å². The molecule has 21 heavy (non-hydrogen) atoms. The molecule has 0 aliphatic carbocycles. The molecule has 1 aromatic carbocycles. The minimum absolute atomic E-state index is 0.147. The Hall–Kier alpha value is -1.69. The first kappa shape index (κ1) is 17.4. The Bertz CT molecular complexity index is 504. The van der Waals surface area contributed by atoms with Gasteiger partial charge in [0.25, 0.3) is 0 Å². The third kappa shape index (κ3) is 5.30. The van der Waals surface area contributed by atoms with Crippen LogP contribution in [0, 0.1) is 0 Å². The van der Waals surface area contributed by atoms with Crippen molar-refractivity contribution in [2.24, 2.45) is 0 Å². The number of carboxylic acid groups (broad SMARTS) is 1. The van der Waals surface area contributed by atoms with E-state index in [-0.39, 0.29) is 12.3 Å². The average molecular weight is 311 g/mol. The molecular formula is C15H21NO4S. The van der Waals surface area contributed by atoms with Crippen LogP contribution in [-0.2, 0) is 26.8 Å². The van der Waals surface area contributed by atoms with E-state index in [1.165, 1.54) is 6.92 Å². The largest absolute Gasteiger partial charge is 0.480 e. The summed E-state index contributed by atoms with van der Waals surface area (Å²) in [6, 6.07) is 9.00. The van der Waals surface area contributed by atoms with Crippen LogP contribution in [0.2, 0.25) is 0 Å². The second kappa shape index (κ2) is 8.56. The summed E-state index contributed by atoms with van der Waals surface area (Å²) in [5, 5.41) is 10.00. The van der Waals surface area contributed by atoms with Crippen molar-refractivity contribution in [3.05, 3.63) is 35.9 Å². The Morgan fingerprint density at radius 2 is 1.90 bits per heavy atom. The van der Waals surface area contributed by atoms with Crippen LogP contribution in [0.5, 0.6) is 0 Å². The van der Waals surface area contributed by atoms with E-state index >= 15 is 0 Å². The fraction of sp³-hybridized carbons (Fsp3) is 0.467. The lowest BCUT2D eigenvalue weighted by atomic mass is 10.1. The van der Waals surface area contributed by atoms with Gasteiger partial charge >= 0.3 is 5.97 Å². The van der Waals surface area contributed by atoms with Gasteiger partial charge in [-0.3, -0.25) is 13.8 Å². The van der Waals surface area contributed by atoms with Crippen LogP contribution in [0.25, 0.3) is 0 Å². The first-order valence-electron chi connectivity index (χ1n) is 6.91. The zero-order valence-electron chi connectivity index (χ0n) is 12.2. The van der Waals surface area contributed by atoms with E-state index in [0.717, 1.165) is 12.0 Å². The van der Waals surface area contributed by atoms with Gasteiger partial charge < -0.3 is 10.4 Å². The van der Waals surface area contributed by atoms with Gasteiger partial charge in [-0.2, -0.15) is 0 Å². The number of amides is 1. The fourth-order valence-electron chi connectivity index (χ4n) is 1.84. The maximum absolute atomic E-state index is 12.4. The third-order valence-corrected chi connectivity index (χ3v) is 4.93. The number of nitrogens with one attached hydrogen (secondary N) is 1. The van der Waals surface area contributed by atoms with E-state index in [4.69, 9.17) is 0 Å². The van der Waals surface area contributed by atoms with E-state index in [1.807, 2.05) is 13.0 Å². The zero-order chi connectivity index (χ0) is 15.8. The highest BCUT2D eigenvalue weighted by atomic mass is 32.2. The molecular weight excluding hydrogens is 290 g/mol. The standard InChI is InChI=1S/C15H21NO4S/c1-3-9-16-14(17)11(2)21(20)13(15(18)19)10-12-7-5-4-6-8-12/h4-8,11,13H,3,9-10H2,1-2H3,(H,16,17)(H,18,19). The normalized spacial score (nSPS) is 15.0. The number of hydrogen-bond acceptors (Lipinski definition) is 3. The molecule has 0 heterocycles. The van der Waals surface area contributed by atoms with Crippen LogP contribution in [0.1, 0.15) is 25.8 Å². The predicted octanol–water partition coefficient (Wildman–Crippen LogP) is 1.35. The molecule has 0 aliphatic rings. The molecule has 5 nitrogen and oxygen atoms in total. The van der Waals surface area contributed by atoms with E-state index in [2.05, 4.69) is 5.32 Å². The lowest BCUT2D eigenvalue weighted by Gasteiger charge is -2.17. The van der Waals surface area contributed by atoms with Gasteiger partial charge in [-0.25, -0.2) is 0 Å². The quantitative estimate of drug-likeness (QED) is 0.759. The number of aliphatic carboxylic acids is 1. The number of rotatable bonds is 8. The third-order valence-electron chi connectivity index (χ3n) is 3.09. The van der Waals surface area contributed by atoms with Crippen LogP contribution in [0.15, 0.2) is 30.3 Å². The molecule has 2 N–H and O–H groups in total. The molecule has 3 atom stereocenters. The maximum Gasteiger partial charge on any atom is 0.319 e. The van der Waals surface area contributed by atoms with E-state index in [1.54, 1.807) is 24.3 Å². The highest BCUT2D eigenvalue weighted by Crippen LogP contribution is 2.12. The van der Waals surface area contributed by atoms with E-state index in [0.29, 0.717) is 6.54 Å². The number of carbonyl (C=O) groups excluding carboxylic acids is 1. The second-order valence-corrected chi connectivity index (χ2v) is 6.71. The number of carbonyl (C=O) groups is 2. The molecule has 0 bridgehead atoms.